The number of benzene rings is 2. The largest absolute Gasteiger partial charge is 0.465 e. The summed E-state index contributed by atoms with van der Waals surface area (Å²) in [5.74, 6) is 0.391. The van der Waals surface area contributed by atoms with E-state index < -0.39 is 28.9 Å². The Labute approximate surface area is 282 Å². The summed E-state index contributed by atoms with van der Waals surface area (Å²) in [6, 6.07) is 19.3. The van der Waals surface area contributed by atoms with E-state index in [1.54, 1.807) is 6.92 Å². The zero-order valence-corrected chi connectivity index (χ0v) is 28.5. The lowest BCUT2D eigenvalue weighted by atomic mass is 9.62. The Morgan fingerprint density at radius 3 is 2.17 bits per heavy atom. The van der Waals surface area contributed by atoms with Crippen LogP contribution in [0.4, 0.5) is 15.4 Å². The van der Waals surface area contributed by atoms with E-state index in [0.717, 1.165) is 47.9 Å². The molecular weight excluding hydrogens is 610 g/mol. The van der Waals surface area contributed by atoms with Gasteiger partial charge in [-0.05, 0) is 83.4 Å². The van der Waals surface area contributed by atoms with Gasteiger partial charge in [0.25, 0.3) is 0 Å². The number of nitrogens with zero attached hydrogens (tertiary/aromatic N) is 3. The van der Waals surface area contributed by atoms with Gasteiger partial charge in [0.2, 0.25) is 5.91 Å². The Hall–Kier alpha value is -4.51. The average molecular weight is 658 g/mol. The number of carboxylic acid groups (broad SMARTS) is 1. The van der Waals surface area contributed by atoms with Crippen molar-refractivity contribution in [1.29, 1.82) is 0 Å². The maximum absolute atomic E-state index is 13.1. The topological polar surface area (TPSA) is 154 Å². The molecule has 1 heterocycles. The molecule has 256 valence electrons. The summed E-state index contributed by atoms with van der Waals surface area (Å²) in [6.07, 6.45) is 2.70. The van der Waals surface area contributed by atoms with Crippen LogP contribution in [0.2, 0.25) is 0 Å². The molecule has 2 aromatic carbocycles. The Kier molecular flexibility index (Phi) is 10.1. The van der Waals surface area contributed by atoms with Crippen LogP contribution < -0.4 is 10.6 Å². The number of hydrogen-bond acceptors (Lipinski definition) is 7. The summed E-state index contributed by atoms with van der Waals surface area (Å²) >= 11 is 0. The maximum atomic E-state index is 13.1. The molecule has 0 unspecified atom stereocenters. The minimum atomic E-state index is -0.907. The molecule has 0 spiro atoms. The Bertz CT molecular complexity index is 1600. The number of alkyl carbamates (subject to hydrolysis) is 1. The molecule has 11 heteroatoms. The van der Waals surface area contributed by atoms with Crippen LogP contribution in [0.15, 0.2) is 60.7 Å². The molecule has 11 nitrogen and oxygen atoms in total. The zero-order chi connectivity index (χ0) is 34.7. The van der Waals surface area contributed by atoms with E-state index >= 15 is 0 Å². The molecule has 0 bridgehead atoms. The van der Waals surface area contributed by atoms with Crippen molar-refractivity contribution >= 4 is 23.9 Å². The van der Waals surface area contributed by atoms with Crippen molar-refractivity contribution in [2.24, 2.45) is 5.92 Å². The monoisotopic (exact) mass is 657 g/mol. The molecule has 0 aliphatic heterocycles. The minimum Gasteiger partial charge on any atom is -0.465 e. The van der Waals surface area contributed by atoms with Gasteiger partial charge in [-0.2, -0.15) is 0 Å². The second-order valence-electron chi connectivity index (χ2n) is 14.5. The van der Waals surface area contributed by atoms with Crippen molar-refractivity contribution in [2.45, 2.75) is 102 Å². The predicted molar refractivity (Wildman–Crippen MR) is 183 cm³/mol. The SMILES string of the molecule is CCN(C(=O)O)C1CCC(CC(=O)Nc2cc(-c3ccccc3)c(-c3ccc([C@]4(NC(=O)OC(C)(C)C)C[C@](C)(O)C4)cc3)nn2)CC1. The van der Waals surface area contributed by atoms with Crippen molar-refractivity contribution in [2.75, 3.05) is 11.9 Å². The van der Waals surface area contributed by atoms with Crippen LogP contribution in [0.25, 0.3) is 22.4 Å². The molecule has 0 radical (unpaired) electrons. The van der Waals surface area contributed by atoms with Crippen molar-refractivity contribution in [3.05, 3.63) is 66.2 Å². The number of rotatable bonds is 9. The van der Waals surface area contributed by atoms with E-state index in [9.17, 15) is 24.6 Å². The number of hydrogen-bond donors (Lipinski definition) is 4. The van der Waals surface area contributed by atoms with Gasteiger partial charge in [0.05, 0.1) is 11.1 Å². The third kappa shape index (κ3) is 8.31. The second-order valence-corrected chi connectivity index (χ2v) is 14.5. The summed E-state index contributed by atoms with van der Waals surface area (Å²) in [7, 11) is 0. The number of nitrogens with one attached hydrogen (secondary N) is 2. The van der Waals surface area contributed by atoms with Crippen LogP contribution in [-0.4, -0.2) is 67.2 Å². The van der Waals surface area contributed by atoms with Crippen molar-refractivity contribution < 1.29 is 29.3 Å². The smallest absolute Gasteiger partial charge is 0.408 e. The Balaban J connectivity index is 1.32. The molecule has 0 atom stereocenters. The second kappa shape index (κ2) is 13.9. The standard InChI is InChI=1S/C37H47N5O6/c1-6-42(34(45)46)28-18-12-24(13-19-28)20-31(43)38-30-21-29(25-10-8-7-9-11-25)32(41-40-30)26-14-16-27(17-15-26)37(22-36(5,47)23-37)39-33(44)48-35(2,3)4/h7-11,14-17,21,24,28,47H,6,12-13,18-20,22-23H2,1-5H3,(H,39,44)(H,45,46)(H,38,40,43)/t24?,28?,36-,37-. The molecule has 2 fully saturated rings. The van der Waals surface area contributed by atoms with E-state index in [1.165, 1.54) is 4.90 Å². The van der Waals surface area contributed by atoms with Crippen LogP contribution in [0.1, 0.15) is 85.1 Å². The van der Waals surface area contributed by atoms with Gasteiger partial charge >= 0.3 is 12.2 Å². The summed E-state index contributed by atoms with van der Waals surface area (Å²) < 4.78 is 5.52. The number of carbonyl (C=O) groups is 3. The van der Waals surface area contributed by atoms with Gasteiger partial charge in [-0.15, -0.1) is 10.2 Å². The molecular formula is C37H47N5O6. The van der Waals surface area contributed by atoms with Crippen LogP contribution in [0, 0.1) is 5.92 Å². The van der Waals surface area contributed by atoms with Crippen LogP contribution in [0.3, 0.4) is 0 Å². The summed E-state index contributed by atoms with van der Waals surface area (Å²) in [6.45, 7) is 9.49. The quantitative estimate of drug-likeness (QED) is 0.193. The first-order chi connectivity index (χ1) is 22.7. The highest BCUT2D eigenvalue weighted by atomic mass is 16.6. The first kappa shape index (κ1) is 34.8. The van der Waals surface area contributed by atoms with Gasteiger partial charge < -0.3 is 30.5 Å². The van der Waals surface area contributed by atoms with Crippen molar-refractivity contribution in [3.8, 4) is 22.4 Å². The highest BCUT2D eigenvalue weighted by molar-refractivity contribution is 5.91. The first-order valence-corrected chi connectivity index (χ1v) is 16.7. The van der Waals surface area contributed by atoms with Crippen molar-refractivity contribution in [3.63, 3.8) is 0 Å². The number of aromatic nitrogens is 2. The fourth-order valence-electron chi connectivity index (χ4n) is 7.23. The number of ether oxygens (including phenoxy) is 1. The molecule has 2 aliphatic rings. The van der Waals surface area contributed by atoms with E-state index in [-0.39, 0.29) is 17.9 Å². The first-order valence-electron chi connectivity index (χ1n) is 16.7. The third-order valence-corrected chi connectivity index (χ3v) is 9.28. The molecule has 3 aromatic rings. The number of aliphatic hydroxyl groups is 1. The number of amides is 3. The van der Waals surface area contributed by atoms with Gasteiger partial charge in [-0.25, -0.2) is 9.59 Å². The maximum Gasteiger partial charge on any atom is 0.408 e. The summed E-state index contributed by atoms with van der Waals surface area (Å²) in [5.41, 5.74) is 1.68. The van der Waals surface area contributed by atoms with E-state index in [1.807, 2.05) is 88.4 Å². The lowest BCUT2D eigenvalue weighted by molar-refractivity contribution is -0.117. The molecule has 4 N–H and O–H groups in total. The Morgan fingerprint density at radius 1 is 0.958 bits per heavy atom. The zero-order valence-electron chi connectivity index (χ0n) is 28.5. The third-order valence-electron chi connectivity index (χ3n) is 9.28. The van der Waals surface area contributed by atoms with E-state index in [4.69, 9.17) is 4.74 Å². The van der Waals surface area contributed by atoms with Crippen LogP contribution >= 0.6 is 0 Å². The van der Waals surface area contributed by atoms with Gasteiger partial charge in [0, 0.05) is 43.0 Å². The normalized spacial score (nSPS) is 23.8. The fourth-order valence-corrected chi connectivity index (χ4v) is 7.23. The van der Waals surface area contributed by atoms with Crippen LogP contribution in [-0.2, 0) is 15.1 Å². The van der Waals surface area contributed by atoms with Gasteiger partial charge in [-0.3, -0.25) is 4.79 Å². The highest BCUT2D eigenvalue weighted by Crippen LogP contribution is 2.48. The van der Waals surface area contributed by atoms with Gasteiger partial charge in [0.1, 0.15) is 11.3 Å². The Morgan fingerprint density at radius 2 is 1.60 bits per heavy atom. The minimum absolute atomic E-state index is 0.00286. The fraction of sp³-hybridized carbons (Fsp3) is 0.486. The molecule has 5 rings (SSSR count). The lowest BCUT2D eigenvalue weighted by Crippen LogP contribution is -2.62. The predicted octanol–water partition coefficient (Wildman–Crippen LogP) is 6.96. The van der Waals surface area contributed by atoms with E-state index in [2.05, 4.69) is 20.8 Å². The number of carbonyl (C=O) groups excluding carboxylic acids is 2. The summed E-state index contributed by atoms with van der Waals surface area (Å²) in [5, 5.41) is 35.0. The molecule has 2 aliphatic carbocycles. The summed E-state index contributed by atoms with van der Waals surface area (Å²) in [4.78, 5) is 38.8. The van der Waals surface area contributed by atoms with Gasteiger partial charge in [0.15, 0.2) is 5.82 Å². The van der Waals surface area contributed by atoms with Crippen molar-refractivity contribution in [1.82, 2.24) is 20.4 Å². The molecule has 3 amide bonds. The highest BCUT2D eigenvalue weighted by Gasteiger charge is 2.53. The lowest BCUT2D eigenvalue weighted by Gasteiger charge is -2.52. The van der Waals surface area contributed by atoms with E-state index in [0.29, 0.717) is 37.3 Å². The molecule has 1 aromatic heterocycles. The van der Waals surface area contributed by atoms with Gasteiger partial charge in [-0.1, -0.05) is 54.6 Å². The molecule has 2 saturated carbocycles. The number of anilines is 1. The van der Waals surface area contributed by atoms with Crippen LogP contribution in [0.5, 0.6) is 0 Å². The molecule has 0 saturated heterocycles. The average Bonchev–Trinajstić information content (AvgIpc) is 3.00. The molecule has 48 heavy (non-hydrogen) atoms.